The van der Waals surface area contributed by atoms with E-state index in [1.165, 1.54) is 11.3 Å². The van der Waals surface area contributed by atoms with E-state index in [-0.39, 0.29) is 12.0 Å². The SMILES string of the molecule is Cc1ccc(-c2cc(C(N)=O)c(NC(N)=O)s2)cc1/C(=C/C[C@H](N)C(=O)O)C1CCCC1. The van der Waals surface area contributed by atoms with Crippen LogP contribution in [0.15, 0.2) is 30.3 Å². The van der Waals surface area contributed by atoms with Gasteiger partial charge in [-0.25, -0.2) is 4.79 Å². The van der Waals surface area contributed by atoms with Gasteiger partial charge in [0.1, 0.15) is 11.0 Å². The number of benzene rings is 1. The summed E-state index contributed by atoms with van der Waals surface area (Å²) in [5.41, 5.74) is 20.7. The fourth-order valence-electron chi connectivity index (χ4n) is 4.10. The normalized spacial score (nSPS) is 15.5. The van der Waals surface area contributed by atoms with E-state index in [1.54, 1.807) is 6.07 Å². The standard InChI is InChI=1S/C23H28N4O4S/c1-12-6-7-14(19-11-17(20(25)28)21(32-19)27-23(26)31)10-16(12)15(13-4-2-3-5-13)8-9-18(24)22(29)30/h6-8,10-11,13,18H,2-5,9,24H2,1H3,(H2,25,28)(H,29,30)(H3,26,27,31)/b15-8+/t18-/m0/s1. The van der Waals surface area contributed by atoms with Crippen LogP contribution < -0.4 is 22.5 Å². The maximum Gasteiger partial charge on any atom is 0.320 e. The Kier molecular flexibility index (Phi) is 7.32. The molecule has 3 rings (SSSR count). The third-order valence-electron chi connectivity index (χ3n) is 5.77. The Morgan fingerprint density at radius 2 is 1.88 bits per heavy atom. The van der Waals surface area contributed by atoms with Gasteiger partial charge >= 0.3 is 12.0 Å². The highest BCUT2D eigenvalue weighted by Gasteiger charge is 2.23. The second-order valence-electron chi connectivity index (χ2n) is 8.06. The molecule has 1 aromatic heterocycles. The van der Waals surface area contributed by atoms with Crippen LogP contribution in [0.1, 0.15) is 53.6 Å². The van der Waals surface area contributed by atoms with Crippen LogP contribution in [0.25, 0.3) is 16.0 Å². The summed E-state index contributed by atoms with van der Waals surface area (Å²) in [5, 5.41) is 11.9. The maximum atomic E-state index is 11.8. The first-order valence-corrected chi connectivity index (χ1v) is 11.3. The number of nitrogens with one attached hydrogen (secondary N) is 1. The molecule has 8 nitrogen and oxygen atoms in total. The summed E-state index contributed by atoms with van der Waals surface area (Å²) in [5.74, 6) is -1.33. The Balaban J connectivity index is 2.04. The maximum absolute atomic E-state index is 11.8. The molecule has 0 radical (unpaired) electrons. The average molecular weight is 457 g/mol. The average Bonchev–Trinajstić information content (AvgIpc) is 3.39. The number of primary amides is 2. The molecule has 0 spiro atoms. The molecule has 2 aromatic rings. The van der Waals surface area contributed by atoms with Gasteiger partial charge in [-0.2, -0.15) is 0 Å². The number of hydrogen-bond donors (Lipinski definition) is 5. The molecule has 0 saturated heterocycles. The minimum Gasteiger partial charge on any atom is -0.480 e. The van der Waals surface area contributed by atoms with E-state index in [1.807, 2.05) is 31.2 Å². The van der Waals surface area contributed by atoms with Crippen LogP contribution in [0.4, 0.5) is 9.80 Å². The van der Waals surface area contributed by atoms with Crippen molar-refractivity contribution in [1.82, 2.24) is 0 Å². The monoisotopic (exact) mass is 456 g/mol. The van der Waals surface area contributed by atoms with Gasteiger partial charge in [-0.3, -0.25) is 14.9 Å². The first-order chi connectivity index (χ1) is 15.2. The number of carbonyl (C=O) groups is 3. The van der Waals surface area contributed by atoms with E-state index in [2.05, 4.69) is 5.32 Å². The van der Waals surface area contributed by atoms with Crippen LogP contribution >= 0.6 is 11.3 Å². The molecule has 0 bridgehead atoms. The fraction of sp³-hybridized carbons (Fsp3) is 0.348. The molecule has 1 atom stereocenters. The molecule has 1 fully saturated rings. The fourth-order valence-corrected chi connectivity index (χ4v) is 5.16. The second-order valence-corrected chi connectivity index (χ2v) is 9.11. The van der Waals surface area contributed by atoms with Crippen LogP contribution in [-0.2, 0) is 4.79 Å². The van der Waals surface area contributed by atoms with Gasteiger partial charge in [-0.05, 0) is 66.5 Å². The number of hydrogen-bond acceptors (Lipinski definition) is 5. The van der Waals surface area contributed by atoms with Gasteiger partial charge in [0.15, 0.2) is 0 Å². The van der Waals surface area contributed by atoms with Crippen molar-refractivity contribution in [3.8, 4) is 10.4 Å². The summed E-state index contributed by atoms with van der Waals surface area (Å²) >= 11 is 1.22. The number of allylic oxidation sites excluding steroid dienone is 1. The summed E-state index contributed by atoms with van der Waals surface area (Å²) in [7, 11) is 0. The Hall–Kier alpha value is -3.17. The number of thiophene rings is 1. The summed E-state index contributed by atoms with van der Waals surface area (Å²) in [6.45, 7) is 2.02. The number of urea groups is 1. The van der Waals surface area contributed by atoms with Crippen molar-refractivity contribution in [3.63, 3.8) is 0 Å². The molecule has 1 aliphatic carbocycles. The predicted octanol–water partition coefficient (Wildman–Crippen LogP) is 3.69. The van der Waals surface area contributed by atoms with Gasteiger partial charge < -0.3 is 22.3 Å². The molecule has 0 aliphatic heterocycles. The summed E-state index contributed by atoms with van der Waals surface area (Å²) < 4.78 is 0. The number of rotatable bonds is 8. The lowest BCUT2D eigenvalue weighted by Gasteiger charge is -2.19. The Bertz CT molecular complexity index is 1070. The summed E-state index contributed by atoms with van der Waals surface area (Å²) in [4.78, 5) is 35.1. The Morgan fingerprint density at radius 3 is 2.47 bits per heavy atom. The van der Waals surface area contributed by atoms with Crippen LogP contribution in [0, 0.1) is 12.8 Å². The van der Waals surface area contributed by atoms with E-state index >= 15 is 0 Å². The van der Waals surface area contributed by atoms with Crippen molar-refractivity contribution >= 4 is 39.8 Å². The highest BCUT2D eigenvalue weighted by Crippen LogP contribution is 2.41. The van der Waals surface area contributed by atoms with E-state index in [0.29, 0.717) is 10.9 Å². The topological polar surface area (TPSA) is 162 Å². The van der Waals surface area contributed by atoms with Crippen molar-refractivity contribution in [2.75, 3.05) is 5.32 Å². The van der Waals surface area contributed by atoms with E-state index in [9.17, 15) is 19.5 Å². The molecule has 1 aliphatic rings. The lowest BCUT2D eigenvalue weighted by Crippen LogP contribution is -2.29. The predicted molar refractivity (Wildman–Crippen MR) is 126 cm³/mol. The van der Waals surface area contributed by atoms with Crippen LogP contribution in [0.5, 0.6) is 0 Å². The van der Waals surface area contributed by atoms with Crippen molar-refractivity contribution in [2.45, 2.75) is 45.1 Å². The van der Waals surface area contributed by atoms with Gasteiger partial charge in [0, 0.05) is 4.88 Å². The zero-order valence-electron chi connectivity index (χ0n) is 17.9. The Morgan fingerprint density at radius 1 is 1.19 bits per heavy atom. The number of aliphatic carboxylic acids is 1. The molecule has 1 aromatic carbocycles. The molecule has 3 amide bonds. The number of anilines is 1. The van der Waals surface area contributed by atoms with Crippen molar-refractivity contribution in [1.29, 1.82) is 0 Å². The van der Waals surface area contributed by atoms with Gasteiger partial charge in [-0.15, -0.1) is 11.3 Å². The molecule has 32 heavy (non-hydrogen) atoms. The van der Waals surface area contributed by atoms with E-state index in [0.717, 1.165) is 52.8 Å². The number of nitrogens with two attached hydrogens (primary N) is 3. The van der Waals surface area contributed by atoms with Gasteiger partial charge in [0.25, 0.3) is 5.91 Å². The molecule has 170 valence electrons. The molecule has 8 N–H and O–H groups in total. The molecule has 0 unspecified atom stereocenters. The Labute approximate surface area is 190 Å². The van der Waals surface area contributed by atoms with Crippen molar-refractivity contribution in [2.24, 2.45) is 23.1 Å². The molecular weight excluding hydrogens is 428 g/mol. The number of aryl methyl sites for hydroxylation is 1. The number of carboxylic acids is 1. The number of carboxylic acid groups (broad SMARTS) is 1. The summed E-state index contributed by atoms with van der Waals surface area (Å²) in [6.07, 6.45) is 6.60. The molecule has 1 saturated carbocycles. The van der Waals surface area contributed by atoms with Gasteiger partial charge in [0.2, 0.25) is 0 Å². The molecule has 1 heterocycles. The molecular formula is C23H28N4O4S. The van der Waals surface area contributed by atoms with Gasteiger partial charge in [0.05, 0.1) is 5.56 Å². The largest absolute Gasteiger partial charge is 0.480 e. The quantitative estimate of drug-likeness (QED) is 0.408. The third kappa shape index (κ3) is 5.35. The minimum absolute atomic E-state index is 0.199. The highest BCUT2D eigenvalue weighted by molar-refractivity contribution is 7.20. The highest BCUT2D eigenvalue weighted by atomic mass is 32.1. The zero-order chi connectivity index (χ0) is 23.4. The first-order valence-electron chi connectivity index (χ1n) is 10.5. The summed E-state index contributed by atoms with van der Waals surface area (Å²) in [6, 6.07) is 5.90. The smallest absolute Gasteiger partial charge is 0.320 e. The van der Waals surface area contributed by atoms with E-state index in [4.69, 9.17) is 17.2 Å². The zero-order valence-corrected chi connectivity index (χ0v) is 18.7. The van der Waals surface area contributed by atoms with Crippen LogP contribution in [0.2, 0.25) is 0 Å². The second kappa shape index (κ2) is 9.97. The number of carbonyl (C=O) groups excluding carboxylic acids is 2. The van der Waals surface area contributed by atoms with Crippen LogP contribution in [0.3, 0.4) is 0 Å². The van der Waals surface area contributed by atoms with Crippen molar-refractivity contribution in [3.05, 3.63) is 47.0 Å². The third-order valence-corrected chi connectivity index (χ3v) is 6.87. The van der Waals surface area contributed by atoms with Crippen LogP contribution in [-0.4, -0.2) is 29.1 Å². The van der Waals surface area contributed by atoms with Gasteiger partial charge in [-0.1, -0.05) is 31.1 Å². The molecule has 9 heteroatoms. The first kappa shape index (κ1) is 23.5. The van der Waals surface area contributed by atoms with E-state index < -0.39 is 23.9 Å². The lowest BCUT2D eigenvalue weighted by atomic mass is 9.86. The van der Waals surface area contributed by atoms with Crippen molar-refractivity contribution < 1.29 is 19.5 Å². The lowest BCUT2D eigenvalue weighted by molar-refractivity contribution is -0.138. The number of amides is 3. The minimum atomic E-state index is -1.02.